The molecule has 0 fully saturated rings. The van der Waals surface area contributed by atoms with Crippen molar-refractivity contribution in [3.8, 4) is 0 Å². The van der Waals surface area contributed by atoms with Crippen molar-refractivity contribution < 1.29 is 14.3 Å². The van der Waals surface area contributed by atoms with E-state index in [0.717, 1.165) is 54.3 Å². The molecule has 4 rings (SSSR count). The number of amides is 1. The normalized spacial score (nSPS) is 13.6. The summed E-state index contributed by atoms with van der Waals surface area (Å²) >= 11 is 1.31. The van der Waals surface area contributed by atoms with E-state index in [1.54, 1.807) is 5.38 Å². The maximum atomic E-state index is 13.1. The predicted molar refractivity (Wildman–Crippen MR) is 109 cm³/mol. The standard InChI is InChI=1S/C21H21N3O3S/c1-13(25)22-21-23-14(12-28-21)11-27-20(26)19-15-7-3-2-4-9-17(15)24-18-10-6-5-8-16(18)19/h5-6,8,10,12H,2-4,7,9,11H2,1H3,(H,22,23,25). The van der Waals surface area contributed by atoms with Gasteiger partial charge in [-0.25, -0.2) is 9.78 Å². The molecule has 144 valence electrons. The molecule has 1 aliphatic rings. The molecule has 0 radical (unpaired) electrons. The molecule has 2 aromatic heterocycles. The molecule has 1 aliphatic carbocycles. The third kappa shape index (κ3) is 3.89. The van der Waals surface area contributed by atoms with E-state index in [4.69, 9.17) is 9.72 Å². The molecule has 0 saturated heterocycles. The summed E-state index contributed by atoms with van der Waals surface area (Å²) in [4.78, 5) is 33.3. The van der Waals surface area contributed by atoms with Gasteiger partial charge in [0.2, 0.25) is 5.91 Å². The second-order valence-corrected chi connectivity index (χ2v) is 7.75. The average molecular weight is 395 g/mol. The maximum Gasteiger partial charge on any atom is 0.339 e. The fraction of sp³-hybridized carbons (Fsp3) is 0.333. The number of benzene rings is 1. The van der Waals surface area contributed by atoms with Gasteiger partial charge in [-0.05, 0) is 37.3 Å². The average Bonchev–Trinajstić information content (AvgIpc) is 2.98. The second-order valence-electron chi connectivity index (χ2n) is 6.89. The smallest absolute Gasteiger partial charge is 0.339 e. The lowest BCUT2D eigenvalue weighted by atomic mass is 9.97. The molecule has 1 aromatic carbocycles. The summed E-state index contributed by atoms with van der Waals surface area (Å²) in [5.41, 5.74) is 4.13. The largest absolute Gasteiger partial charge is 0.456 e. The first-order valence-corrected chi connectivity index (χ1v) is 10.3. The Morgan fingerprint density at radius 2 is 1.96 bits per heavy atom. The summed E-state index contributed by atoms with van der Waals surface area (Å²) < 4.78 is 5.61. The number of aryl methyl sites for hydroxylation is 1. The van der Waals surface area contributed by atoms with Crippen molar-refractivity contribution in [1.82, 2.24) is 9.97 Å². The van der Waals surface area contributed by atoms with E-state index in [-0.39, 0.29) is 18.5 Å². The third-order valence-corrected chi connectivity index (χ3v) is 5.62. The summed E-state index contributed by atoms with van der Waals surface area (Å²) in [7, 11) is 0. The minimum absolute atomic E-state index is 0.0698. The van der Waals surface area contributed by atoms with E-state index in [0.29, 0.717) is 16.4 Å². The van der Waals surface area contributed by atoms with Gasteiger partial charge in [0.15, 0.2) is 5.13 Å². The monoisotopic (exact) mass is 395 g/mol. The van der Waals surface area contributed by atoms with Crippen molar-refractivity contribution in [3.63, 3.8) is 0 Å². The molecule has 7 heteroatoms. The van der Waals surface area contributed by atoms with Crippen LogP contribution in [0, 0.1) is 0 Å². The quantitative estimate of drug-likeness (QED) is 0.527. The van der Waals surface area contributed by atoms with Crippen molar-refractivity contribution in [3.05, 3.63) is 52.2 Å². The highest BCUT2D eigenvalue weighted by molar-refractivity contribution is 7.13. The topological polar surface area (TPSA) is 81.2 Å². The van der Waals surface area contributed by atoms with E-state index in [1.807, 2.05) is 24.3 Å². The molecule has 0 aliphatic heterocycles. The minimum atomic E-state index is -0.342. The number of rotatable bonds is 4. The number of thiazole rings is 1. The van der Waals surface area contributed by atoms with Crippen molar-refractivity contribution >= 4 is 39.2 Å². The van der Waals surface area contributed by atoms with Crippen LogP contribution < -0.4 is 5.32 Å². The summed E-state index contributed by atoms with van der Waals surface area (Å²) in [6.07, 6.45) is 5.04. The van der Waals surface area contributed by atoms with Gasteiger partial charge in [-0.1, -0.05) is 24.6 Å². The third-order valence-electron chi connectivity index (χ3n) is 4.81. The van der Waals surface area contributed by atoms with E-state index >= 15 is 0 Å². The van der Waals surface area contributed by atoms with E-state index in [9.17, 15) is 9.59 Å². The fourth-order valence-electron chi connectivity index (χ4n) is 3.58. The first-order chi connectivity index (χ1) is 13.6. The van der Waals surface area contributed by atoms with E-state index in [2.05, 4.69) is 10.3 Å². The lowest BCUT2D eigenvalue weighted by Crippen LogP contribution is -2.12. The van der Waals surface area contributed by atoms with Gasteiger partial charge >= 0.3 is 5.97 Å². The van der Waals surface area contributed by atoms with Crippen LogP contribution in [0.2, 0.25) is 0 Å². The predicted octanol–water partition coefficient (Wildman–Crippen LogP) is 4.28. The fourth-order valence-corrected chi connectivity index (χ4v) is 4.32. The number of fused-ring (bicyclic) bond motifs is 2. The summed E-state index contributed by atoms with van der Waals surface area (Å²) in [6.45, 7) is 1.50. The molecule has 6 nitrogen and oxygen atoms in total. The summed E-state index contributed by atoms with van der Waals surface area (Å²) in [6, 6.07) is 7.73. The van der Waals surface area contributed by atoms with Crippen LogP contribution in [0.5, 0.6) is 0 Å². The van der Waals surface area contributed by atoms with Gasteiger partial charge in [0.05, 0.1) is 16.8 Å². The zero-order valence-electron chi connectivity index (χ0n) is 15.7. The van der Waals surface area contributed by atoms with E-state index in [1.165, 1.54) is 18.3 Å². The molecule has 1 N–H and O–H groups in total. The Balaban J connectivity index is 1.62. The van der Waals surface area contributed by atoms with Gasteiger partial charge < -0.3 is 10.1 Å². The van der Waals surface area contributed by atoms with Gasteiger partial charge in [-0.2, -0.15) is 0 Å². The van der Waals surface area contributed by atoms with Crippen LogP contribution in [0.3, 0.4) is 0 Å². The molecule has 2 heterocycles. The first-order valence-electron chi connectivity index (χ1n) is 9.41. The number of anilines is 1. The molecule has 0 unspecified atom stereocenters. The van der Waals surface area contributed by atoms with Gasteiger partial charge in [0.25, 0.3) is 0 Å². The van der Waals surface area contributed by atoms with Crippen LogP contribution in [-0.2, 0) is 29.0 Å². The van der Waals surface area contributed by atoms with E-state index < -0.39 is 0 Å². The summed E-state index contributed by atoms with van der Waals surface area (Å²) in [5.74, 6) is -0.519. The number of pyridine rings is 1. The van der Waals surface area contributed by atoms with Gasteiger partial charge in [-0.15, -0.1) is 11.3 Å². The van der Waals surface area contributed by atoms with Crippen molar-refractivity contribution in [2.75, 3.05) is 5.32 Å². The maximum absolute atomic E-state index is 13.1. The number of carbonyl (C=O) groups excluding carboxylic acids is 2. The Bertz CT molecular complexity index is 1040. The number of hydrogen-bond donors (Lipinski definition) is 1. The highest BCUT2D eigenvalue weighted by atomic mass is 32.1. The SMILES string of the molecule is CC(=O)Nc1nc(COC(=O)c2c3c(nc4ccccc24)CCCCC3)cs1. The molecular formula is C21H21N3O3S. The Kier molecular flexibility index (Phi) is 5.34. The molecule has 3 aromatic rings. The van der Waals surface area contributed by atoms with Gasteiger partial charge in [-0.3, -0.25) is 9.78 Å². The molecule has 1 amide bonds. The van der Waals surface area contributed by atoms with Crippen molar-refractivity contribution in [2.24, 2.45) is 0 Å². The van der Waals surface area contributed by atoms with Crippen molar-refractivity contribution in [1.29, 1.82) is 0 Å². The lowest BCUT2D eigenvalue weighted by molar-refractivity contribution is -0.114. The van der Waals surface area contributed by atoms with Gasteiger partial charge in [0.1, 0.15) is 6.61 Å². The molecule has 0 saturated carbocycles. The van der Waals surface area contributed by atoms with Crippen molar-refractivity contribution in [2.45, 2.75) is 45.6 Å². The lowest BCUT2D eigenvalue weighted by Gasteiger charge is -2.14. The Morgan fingerprint density at radius 3 is 2.82 bits per heavy atom. The highest BCUT2D eigenvalue weighted by Gasteiger charge is 2.23. The number of hydrogen-bond acceptors (Lipinski definition) is 6. The number of ether oxygens (including phenoxy) is 1. The van der Waals surface area contributed by atoms with Crippen LogP contribution in [0.4, 0.5) is 5.13 Å². The number of nitrogens with one attached hydrogen (secondary N) is 1. The van der Waals surface area contributed by atoms with Crippen LogP contribution in [-0.4, -0.2) is 21.8 Å². The molecule has 0 atom stereocenters. The Labute approximate surface area is 167 Å². The molecule has 0 spiro atoms. The number of aromatic nitrogens is 2. The zero-order valence-corrected chi connectivity index (χ0v) is 16.5. The summed E-state index contributed by atoms with van der Waals surface area (Å²) in [5, 5.41) is 5.76. The van der Waals surface area contributed by atoms with Crippen LogP contribution >= 0.6 is 11.3 Å². The number of nitrogens with zero attached hydrogens (tertiary/aromatic N) is 2. The molecule has 28 heavy (non-hydrogen) atoms. The highest BCUT2D eigenvalue weighted by Crippen LogP contribution is 2.29. The minimum Gasteiger partial charge on any atom is -0.456 e. The first kappa shape index (κ1) is 18.6. The molecule has 0 bridgehead atoms. The Morgan fingerprint density at radius 1 is 1.14 bits per heavy atom. The second kappa shape index (κ2) is 8.06. The van der Waals surface area contributed by atoms with Crippen LogP contribution in [0.1, 0.15) is 53.5 Å². The zero-order chi connectivity index (χ0) is 19.5. The van der Waals surface area contributed by atoms with Crippen LogP contribution in [0.15, 0.2) is 29.6 Å². The molecular weight excluding hydrogens is 374 g/mol. The number of carbonyl (C=O) groups is 2. The Hall–Kier alpha value is -2.80. The van der Waals surface area contributed by atoms with Gasteiger partial charge in [0, 0.05) is 23.4 Å². The number of esters is 1. The number of para-hydroxylation sites is 1. The van der Waals surface area contributed by atoms with Crippen LogP contribution in [0.25, 0.3) is 10.9 Å².